The highest BCUT2D eigenvalue weighted by atomic mass is 35.5. The fourth-order valence-corrected chi connectivity index (χ4v) is 3.62. The number of piperidine rings is 1. The van der Waals surface area contributed by atoms with Crippen molar-refractivity contribution in [3.05, 3.63) is 71.4 Å². The van der Waals surface area contributed by atoms with Crippen LogP contribution in [-0.2, 0) is 0 Å². The Morgan fingerprint density at radius 2 is 1.75 bits per heavy atom. The number of likely N-dealkylation sites (tertiary alicyclic amines) is 1. The minimum absolute atomic E-state index is 0.0818. The van der Waals surface area contributed by atoms with Crippen LogP contribution in [0.5, 0.6) is 0 Å². The van der Waals surface area contributed by atoms with E-state index in [0.717, 1.165) is 37.2 Å². The van der Waals surface area contributed by atoms with Gasteiger partial charge < -0.3 is 10.2 Å². The van der Waals surface area contributed by atoms with E-state index < -0.39 is 0 Å². The third-order valence-corrected chi connectivity index (χ3v) is 5.40. The molecular weight excluding hydrogens is 372 g/mol. The number of halogens is 1. The van der Waals surface area contributed by atoms with Crippen LogP contribution in [0.15, 0.2) is 60.8 Å². The Labute approximate surface area is 169 Å². The molecule has 144 valence electrons. The number of aromatic nitrogens is 2. The molecule has 2 aromatic carbocycles. The van der Waals surface area contributed by atoms with Gasteiger partial charge in [0.25, 0.3) is 5.91 Å². The number of hydrogen-bond donors (Lipinski definition) is 1. The molecule has 0 saturated carbocycles. The molecule has 1 aliphatic rings. The molecule has 0 bridgehead atoms. The Bertz CT molecular complexity index is 944. The lowest BCUT2D eigenvalue weighted by Gasteiger charge is -2.29. The average molecular weight is 395 g/mol. The first-order valence-electron chi connectivity index (χ1n) is 9.50. The van der Waals surface area contributed by atoms with Crippen molar-refractivity contribution in [2.45, 2.75) is 18.9 Å². The van der Waals surface area contributed by atoms with Crippen LogP contribution in [0.1, 0.15) is 23.2 Å². The first kappa shape index (κ1) is 18.7. The van der Waals surface area contributed by atoms with Gasteiger partial charge >= 0.3 is 0 Å². The zero-order valence-electron chi connectivity index (χ0n) is 15.8. The Hall–Kier alpha value is -2.63. The van der Waals surface area contributed by atoms with Gasteiger partial charge in [-0.3, -0.25) is 4.79 Å². The number of amides is 1. The van der Waals surface area contributed by atoms with Crippen molar-refractivity contribution >= 4 is 17.5 Å². The second kappa shape index (κ2) is 8.17. The molecule has 1 N–H and O–H groups in total. The summed E-state index contributed by atoms with van der Waals surface area (Å²) in [6, 6.07) is 17.4. The molecule has 6 heteroatoms. The van der Waals surface area contributed by atoms with Crippen molar-refractivity contribution in [3.63, 3.8) is 0 Å². The van der Waals surface area contributed by atoms with Gasteiger partial charge in [0.15, 0.2) is 0 Å². The lowest BCUT2D eigenvalue weighted by molar-refractivity contribution is 0.0917. The van der Waals surface area contributed by atoms with Crippen molar-refractivity contribution in [3.8, 4) is 16.9 Å². The SMILES string of the molecule is CN1CCC(NC(=O)c2cn(-c3ccccc3)nc2-c2ccc(Cl)cc2)CC1. The Morgan fingerprint density at radius 1 is 1.07 bits per heavy atom. The van der Waals surface area contributed by atoms with E-state index in [1.807, 2.05) is 60.8 Å². The molecular formula is C22H23ClN4O. The van der Waals surface area contributed by atoms with E-state index in [2.05, 4.69) is 17.3 Å². The zero-order valence-corrected chi connectivity index (χ0v) is 16.6. The number of para-hydroxylation sites is 1. The maximum absolute atomic E-state index is 13.1. The molecule has 0 unspecified atom stereocenters. The maximum atomic E-state index is 13.1. The van der Waals surface area contributed by atoms with Crippen LogP contribution in [0.25, 0.3) is 16.9 Å². The smallest absolute Gasteiger partial charge is 0.255 e. The topological polar surface area (TPSA) is 50.2 Å². The number of nitrogens with zero attached hydrogens (tertiary/aromatic N) is 3. The average Bonchev–Trinajstić information content (AvgIpc) is 3.17. The first-order chi connectivity index (χ1) is 13.6. The number of hydrogen-bond acceptors (Lipinski definition) is 3. The normalized spacial score (nSPS) is 15.5. The second-order valence-corrected chi connectivity index (χ2v) is 7.67. The van der Waals surface area contributed by atoms with Gasteiger partial charge in [-0.15, -0.1) is 0 Å². The molecule has 28 heavy (non-hydrogen) atoms. The van der Waals surface area contributed by atoms with Crippen LogP contribution in [0, 0.1) is 0 Å². The molecule has 1 aromatic heterocycles. The molecule has 5 nitrogen and oxygen atoms in total. The summed E-state index contributed by atoms with van der Waals surface area (Å²) in [5.74, 6) is -0.0818. The summed E-state index contributed by atoms with van der Waals surface area (Å²) in [5.41, 5.74) is 3.01. The Balaban J connectivity index is 1.67. The lowest BCUT2D eigenvalue weighted by atomic mass is 10.0. The van der Waals surface area contributed by atoms with Crippen LogP contribution in [0.2, 0.25) is 5.02 Å². The van der Waals surface area contributed by atoms with Gasteiger partial charge in [0.2, 0.25) is 0 Å². The molecule has 0 radical (unpaired) electrons. The molecule has 1 aliphatic heterocycles. The molecule has 4 rings (SSSR count). The molecule has 0 atom stereocenters. The van der Waals surface area contributed by atoms with Crippen molar-refractivity contribution < 1.29 is 4.79 Å². The maximum Gasteiger partial charge on any atom is 0.255 e. The van der Waals surface area contributed by atoms with Gasteiger partial charge in [0.05, 0.1) is 11.3 Å². The molecule has 1 amide bonds. The number of benzene rings is 2. The summed E-state index contributed by atoms with van der Waals surface area (Å²) in [4.78, 5) is 15.4. The van der Waals surface area contributed by atoms with E-state index >= 15 is 0 Å². The molecule has 3 aromatic rings. The van der Waals surface area contributed by atoms with Crippen LogP contribution < -0.4 is 5.32 Å². The summed E-state index contributed by atoms with van der Waals surface area (Å²) in [6.07, 6.45) is 3.74. The summed E-state index contributed by atoms with van der Waals surface area (Å²) >= 11 is 6.03. The number of rotatable bonds is 4. The van der Waals surface area contributed by atoms with E-state index in [-0.39, 0.29) is 11.9 Å². The van der Waals surface area contributed by atoms with E-state index in [4.69, 9.17) is 16.7 Å². The molecule has 2 heterocycles. The predicted octanol–water partition coefficient (Wildman–Crippen LogP) is 4.02. The van der Waals surface area contributed by atoms with E-state index in [9.17, 15) is 4.79 Å². The van der Waals surface area contributed by atoms with Crippen LogP contribution in [-0.4, -0.2) is 46.8 Å². The standard InChI is InChI=1S/C22H23ClN4O/c1-26-13-11-18(12-14-26)24-22(28)20-15-27(19-5-3-2-4-6-19)25-21(20)16-7-9-17(23)10-8-16/h2-10,15,18H,11-14H2,1H3,(H,24,28). The van der Waals surface area contributed by atoms with Crippen molar-refractivity contribution in [1.82, 2.24) is 20.0 Å². The van der Waals surface area contributed by atoms with E-state index in [1.165, 1.54) is 0 Å². The summed E-state index contributed by atoms with van der Waals surface area (Å²) in [6.45, 7) is 2.00. The first-order valence-corrected chi connectivity index (χ1v) is 9.88. The van der Waals surface area contributed by atoms with E-state index in [0.29, 0.717) is 16.3 Å². The van der Waals surface area contributed by atoms with Gasteiger partial charge in [0, 0.05) is 22.8 Å². The quantitative estimate of drug-likeness (QED) is 0.727. The largest absolute Gasteiger partial charge is 0.349 e. The van der Waals surface area contributed by atoms with Crippen LogP contribution in [0.4, 0.5) is 0 Å². The van der Waals surface area contributed by atoms with E-state index in [1.54, 1.807) is 4.68 Å². The third-order valence-electron chi connectivity index (χ3n) is 5.15. The van der Waals surface area contributed by atoms with Crippen LogP contribution >= 0.6 is 11.6 Å². The molecule has 0 aliphatic carbocycles. The highest BCUT2D eigenvalue weighted by Crippen LogP contribution is 2.25. The van der Waals surface area contributed by atoms with Crippen molar-refractivity contribution in [2.75, 3.05) is 20.1 Å². The predicted molar refractivity (Wildman–Crippen MR) is 112 cm³/mol. The summed E-state index contributed by atoms with van der Waals surface area (Å²) in [5, 5.41) is 8.56. The van der Waals surface area contributed by atoms with Gasteiger partial charge in [-0.2, -0.15) is 5.10 Å². The molecule has 0 spiro atoms. The Kier molecular flexibility index (Phi) is 5.46. The van der Waals surface area contributed by atoms with Crippen LogP contribution in [0.3, 0.4) is 0 Å². The van der Waals surface area contributed by atoms with Gasteiger partial charge in [-0.25, -0.2) is 4.68 Å². The molecule has 1 saturated heterocycles. The fraction of sp³-hybridized carbons (Fsp3) is 0.273. The van der Waals surface area contributed by atoms with Crippen molar-refractivity contribution in [1.29, 1.82) is 0 Å². The minimum atomic E-state index is -0.0818. The highest BCUT2D eigenvalue weighted by Gasteiger charge is 2.23. The Morgan fingerprint density at radius 3 is 2.43 bits per heavy atom. The summed E-state index contributed by atoms with van der Waals surface area (Å²) in [7, 11) is 2.11. The number of carbonyl (C=O) groups is 1. The zero-order chi connectivity index (χ0) is 19.5. The highest BCUT2D eigenvalue weighted by molar-refractivity contribution is 6.30. The lowest BCUT2D eigenvalue weighted by Crippen LogP contribution is -2.43. The third kappa shape index (κ3) is 4.11. The minimum Gasteiger partial charge on any atom is -0.349 e. The number of nitrogens with one attached hydrogen (secondary N) is 1. The number of carbonyl (C=O) groups excluding carboxylic acids is 1. The van der Waals surface area contributed by atoms with Gasteiger partial charge in [-0.1, -0.05) is 41.9 Å². The van der Waals surface area contributed by atoms with Crippen molar-refractivity contribution in [2.24, 2.45) is 0 Å². The fourth-order valence-electron chi connectivity index (χ4n) is 3.49. The molecule has 1 fully saturated rings. The second-order valence-electron chi connectivity index (χ2n) is 7.23. The monoisotopic (exact) mass is 394 g/mol. The van der Waals surface area contributed by atoms with Gasteiger partial charge in [0.1, 0.15) is 5.69 Å². The summed E-state index contributed by atoms with van der Waals surface area (Å²) < 4.78 is 1.76. The van der Waals surface area contributed by atoms with Gasteiger partial charge in [-0.05, 0) is 57.2 Å².